The van der Waals surface area contributed by atoms with Gasteiger partial charge in [-0.3, -0.25) is 20.4 Å². The molecule has 6 nitrogen and oxygen atoms in total. The van der Waals surface area contributed by atoms with Gasteiger partial charge in [-0.1, -0.05) is 47.1 Å². The number of rotatable bonds is 6. The van der Waals surface area contributed by atoms with E-state index in [1.165, 1.54) is 17.8 Å². The summed E-state index contributed by atoms with van der Waals surface area (Å²) in [5, 5.41) is 4.40. The van der Waals surface area contributed by atoms with Crippen molar-refractivity contribution in [3.05, 3.63) is 71.4 Å². The Bertz CT molecular complexity index is 913. The van der Waals surface area contributed by atoms with Crippen LogP contribution in [-0.4, -0.2) is 22.7 Å². The van der Waals surface area contributed by atoms with Gasteiger partial charge in [0, 0.05) is 33.7 Å². The van der Waals surface area contributed by atoms with E-state index in [1.54, 1.807) is 12.1 Å². The SMILES string of the molecule is O=C(CCSc1ccc(Cl)cc1)NNC(=O)c1cc(-c2ccccc2)on1. The van der Waals surface area contributed by atoms with Crippen molar-refractivity contribution in [2.75, 3.05) is 5.75 Å². The molecule has 0 aliphatic heterocycles. The molecule has 0 atom stereocenters. The summed E-state index contributed by atoms with van der Waals surface area (Å²) in [7, 11) is 0. The van der Waals surface area contributed by atoms with Crippen molar-refractivity contribution in [1.29, 1.82) is 0 Å². The number of nitrogens with one attached hydrogen (secondary N) is 2. The van der Waals surface area contributed by atoms with Gasteiger partial charge in [0.1, 0.15) is 0 Å². The number of carbonyl (C=O) groups excluding carboxylic acids is 2. The summed E-state index contributed by atoms with van der Waals surface area (Å²) in [5.74, 6) is 0.216. The van der Waals surface area contributed by atoms with Crippen molar-refractivity contribution < 1.29 is 14.1 Å². The van der Waals surface area contributed by atoms with Crippen LogP contribution < -0.4 is 10.9 Å². The highest BCUT2D eigenvalue weighted by Gasteiger charge is 2.14. The maximum absolute atomic E-state index is 12.1. The Morgan fingerprint density at radius 3 is 2.52 bits per heavy atom. The fourth-order valence-electron chi connectivity index (χ4n) is 2.17. The number of thioether (sulfide) groups is 1. The van der Waals surface area contributed by atoms with E-state index in [4.69, 9.17) is 16.1 Å². The summed E-state index contributed by atoms with van der Waals surface area (Å²) in [6.45, 7) is 0. The summed E-state index contributed by atoms with van der Waals surface area (Å²) in [6.07, 6.45) is 0.252. The lowest BCUT2D eigenvalue weighted by molar-refractivity contribution is -0.121. The van der Waals surface area contributed by atoms with Gasteiger partial charge in [-0.15, -0.1) is 11.8 Å². The minimum atomic E-state index is -0.542. The molecule has 0 fully saturated rings. The number of hydrazine groups is 1. The molecule has 0 aliphatic rings. The number of amides is 2. The molecule has 27 heavy (non-hydrogen) atoms. The van der Waals surface area contributed by atoms with E-state index in [0.717, 1.165) is 10.5 Å². The molecule has 3 aromatic rings. The molecular formula is C19H16ClN3O3S. The van der Waals surface area contributed by atoms with E-state index in [0.29, 0.717) is 16.5 Å². The number of hydrogen-bond acceptors (Lipinski definition) is 5. The highest BCUT2D eigenvalue weighted by Crippen LogP contribution is 2.21. The smallest absolute Gasteiger partial charge is 0.291 e. The second-order valence-corrected chi connectivity index (χ2v) is 7.10. The first-order valence-corrected chi connectivity index (χ1v) is 9.48. The number of aromatic nitrogens is 1. The fourth-order valence-corrected chi connectivity index (χ4v) is 3.14. The summed E-state index contributed by atoms with van der Waals surface area (Å²) in [4.78, 5) is 24.9. The van der Waals surface area contributed by atoms with Crippen molar-refractivity contribution >= 4 is 35.2 Å². The van der Waals surface area contributed by atoms with Crippen LogP contribution in [0.1, 0.15) is 16.9 Å². The van der Waals surface area contributed by atoms with Gasteiger partial charge in [0.05, 0.1) is 0 Å². The molecule has 0 unspecified atom stereocenters. The maximum atomic E-state index is 12.1. The van der Waals surface area contributed by atoms with Gasteiger partial charge in [0.2, 0.25) is 5.91 Å². The first-order chi connectivity index (χ1) is 13.1. The topological polar surface area (TPSA) is 84.2 Å². The molecule has 0 saturated heterocycles. The quantitative estimate of drug-likeness (QED) is 0.482. The summed E-state index contributed by atoms with van der Waals surface area (Å²) in [5.41, 5.74) is 5.60. The zero-order valence-corrected chi connectivity index (χ0v) is 15.7. The Hall–Kier alpha value is -2.77. The predicted octanol–water partition coefficient (Wildman–Crippen LogP) is 3.94. The van der Waals surface area contributed by atoms with Gasteiger partial charge in [-0.2, -0.15) is 0 Å². The standard InChI is InChI=1S/C19H16ClN3O3S/c20-14-6-8-15(9-7-14)27-11-10-18(24)21-22-19(25)16-12-17(26-23-16)13-4-2-1-3-5-13/h1-9,12H,10-11H2,(H,21,24)(H,22,25). The molecule has 3 rings (SSSR count). The lowest BCUT2D eigenvalue weighted by Gasteiger charge is -2.05. The van der Waals surface area contributed by atoms with E-state index >= 15 is 0 Å². The highest BCUT2D eigenvalue weighted by atomic mass is 35.5. The minimum Gasteiger partial charge on any atom is -0.355 e. The number of carbonyl (C=O) groups is 2. The van der Waals surface area contributed by atoms with E-state index in [1.807, 2.05) is 42.5 Å². The molecule has 138 valence electrons. The average molecular weight is 402 g/mol. The molecule has 2 aromatic carbocycles. The molecule has 0 aliphatic carbocycles. The summed E-state index contributed by atoms with van der Waals surface area (Å²) < 4.78 is 5.16. The number of nitrogens with zero attached hydrogens (tertiary/aromatic N) is 1. The maximum Gasteiger partial charge on any atom is 0.291 e. The predicted molar refractivity (Wildman–Crippen MR) is 104 cm³/mol. The second kappa shape index (κ2) is 9.25. The Kier molecular flexibility index (Phi) is 6.51. The van der Waals surface area contributed by atoms with Crippen LogP contribution in [0.3, 0.4) is 0 Å². The van der Waals surface area contributed by atoms with Crippen molar-refractivity contribution in [2.24, 2.45) is 0 Å². The zero-order chi connectivity index (χ0) is 19.1. The Morgan fingerprint density at radius 1 is 1.04 bits per heavy atom. The Balaban J connectivity index is 1.43. The second-order valence-electron chi connectivity index (χ2n) is 5.50. The van der Waals surface area contributed by atoms with Crippen LogP contribution >= 0.6 is 23.4 Å². The van der Waals surface area contributed by atoms with Crippen LogP contribution in [-0.2, 0) is 4.79 Å². The molecule has 2 amide bonds. The van der Waals surface area contributed by atoms with Crippen LogP contribution in [0.15, 0.2) is 70.1 Å². The van der Waals surface area contributed by atoms with Gasteiger partial charge in [0.25, 0.3) is 5.91 Å². The monoisotopic (exact) mass is 401 g/mol. The number of hydrogen-bond donors (Lipinski definition) is 2. The molecule has 0 radical (unpaired) electrons. The van der Waals surface area contributed by atoms with E-state index in [9.17, 15) is 9.59 Å². The highest BCUT2D eigenvalue weighted by molar-refractivity contribution is 7.99. The molecule has 1 aromatic heterocycles. The van der Waals surface area contributed by atoms with Crippen molar-refractivity contribution in [2.45, 2.75) is 11.3 Å². The molecule has 0 spiro atoms. The first kappa shape index (κ1) is 19.0. The third-order valence-corrected chi connectivity index (χ3v) is 4.79. The normalized spacial score (nSPS) is 10.4. The van der Waals surface area contributed by atoms with E-state index in [-0.39, 0.29) is 18.0 Å². The van der Waals surface area contributed by atoms with Gasteiger partial charge >= 0.3 is 0 Å². The minimum absolute atomic E-state index is 0.0877. The summed E-state index contributed by atoms with van der Waals surface area (Å²) in [6, 6.07) is 18.2. The van der Waals surface area contributed by atoms with Crippen molar-refractivity contribution in [3.8, 4) is 11.3 Å². The number of benzene rings is 2. The third-order valence-electron chi connectivity index (χ3n) is 3.53. The van der Waals surface area contributed by atoms with Crippen LogP contribution in [0, 0.1) is 0 Å². The Morgan fingerprint density at radius 2 is 1.78 bits per heavy atom. The number of halogens is 1. The first-order valence-electron chi connectivity index (χ1n) is 8.11. The molecule has 8 heteroatoms. The van der Waals surface area contributed by atoms with Crippen molar-refractivity contribution in [3.63, 3.8) is 0 Å². The van der Waals surface area contributed by atoms with Gasteiger partial charge < -0.3 is 4.52 Å². The molecule has 2 N–H and O–H groups in total. The third kappa shape index (κ3) is 5.60. The molecular weight excluding hydrogens is 386 g/mol. The molecule has 0 saturated carbocycles. The van der Waals surface area contributed by atoms with Gasteiger partial charge in [-0.25, -0.2) is 0 Å². The van der Waals surface area contributed by atoms with Gasteiger partial charge in [0.15, 0.2) is 11.5 Å². The fraction of sp³-hybridized carbons (Fsp3) is 0.105. The average Bonchev–Trinajstić information content (AvgIpc) is 3.19. The van der Waals surface area contributed by atoms with Crippen LogP contribution in [0.5, 0.6) is 0 Å². The van der Waals surface area contributed by atoms with Crippen LogP contribution in [0.2, 0.25) is 5.02 Å². The summed E-state index contributed by atoms with van der Waals surface area (Å²) >= 11 is 7.36. The van der Waals surface area contributed by atoms with E-state index < -0.39 is 5.91 Å². The lowest BCUT2D eigenvalue weighted by Crippen LogP contribution is -2.41. The molecule has 1 heterocycles. The largest absolute Gasteiger partial charge is 0.355 e. The Labute approximate surface area is 165 Å². The van der Waals surface area contributed by atoms with Crippen LogP contribution in [0.4, 0.5) is 0 Å². The van der Waals surface area contributed by atoms with E-state index in [2.05, 4.69) is 16.0 Å². The van der Waals surface area contributed by atoms with Crippen molar-refractivity contribution in [1.82, 2.24) is 16.0 Å². The van der Waals surface area contributed by atoms with Gasteiger partial charge in [-0.05, 0) is 24.3 Å². The lowest BCUT2D eigenvalue weighted by atomic mass is 10.1. The van der Waals surface area contributed by atoms with Crippen LogP contribution in [0.25, 0.3) is 11.3 Å². The molecule has 0 bridgehead atoms. The zero-order valence-electron chi connectivity index (χ0n) is 14.1.